The Bertz CT molecular complexity index is 319. The second-order valence-corrected chi connectivity index (χ2v) is 5.08. The lowest BCUT2D eigenvalue weighted by Gasteiger charge is -2.20. The third-order valence-electron chi connectivity index (χ3n) is 1.95. The van der Waals surface area contributed by atoms with Crippen molar-refractivity contribution in [2.75, 3.05) is 0 Å². The molecule has 0 atom stereocenters. The van der Waals surface area contributed by atoms with E-state index in [0.717, 1.165) is 9.94 Å². The maximum absolute atomic E-state index is 5.78. The highest BCUT2D eigenvalue weighted by atomic mass is 79.9. The summed E-state index contributed by atoms with van der Waals surface area (Å²) >= 11 is 3.52. The van der Waals surface area contributed by atoms with Crippen LogP contribution < -0.4 is 5.46 Å². The van der Waals surface area contributed by atoms with E-state index in [1.54, 1.807) is 0 Å². The van der Waals surface area contributed by atoms with Crippen molar-refractivity contribution in [3.63, 3.8) is 0 Å². The van der Waals surface area contributed by atoms with Crippen LogP contribution in [0.15, 0.2) is 28.7 Å². The zero-order valence-electron chi connectivity index (χ0n) is 10.2. The molecule has 16 heavy (non-hydrogen) atoms. The molecule has 0 spiro atoms. The molecule has 0 aliphatic rings. The minimum absolute atomic E-state index is 0.135. The number of benzene rings is 1. The Kier molecular flexibility index (Phi) is 5.52. The molecule has 0 aliphatic carbocycles. The molecule has 88 valence electrons. The van der Waals surface area contributed by atoms with Crippen LogP contribution in [0, 0.1) is 0 Å². The van der Waals surface area contributed by atoms with Gasteiger partial charge >= 0.3 is 7.12 Å². The molecule has 0 bridgehead atoms. The molecule has 0 aliphatic heterocycles. The van der Waals surface area contributed by atoms with Crippen LogP contribution in [-0.4, -0.2) is 19.3 Å². The Hall–Kier alpha value is -0.315. The van der Waals surface area contributed by atoms with Crippen LogP contribution in [0.1, 0.15) is 27.7 Å². The first kappa shape index (κ1) is 13.7. The van der Waals surface area contributed by atoms with E-state index < -0.39 is 0 Å². The minimum atomic E-state index is -0.310. The third kappa shape index (κ3) is 4.28. The maximum atomic E-state index is 5.78. The van der Waals surface area contributed by atoms with Crippen molar-refractivity contribution >= 4 is 28.5 Å². The molecule has 0 saturated carbocycles. The summed E-state index contributed by atoms with van der Waals surface area (Å²) in [5, 5.41) is 0. The molecule has 1 aromatic rings. The average molecular weight is 285 g/mol. The molecule has 1 aromatic carbocycles. The summed E-state index contributed by atoms with van der Waals surface area (Å²) in [4.78, 5) is 0. The minimum Gasteiger partial charge on any atom is -0.405 e. The van der Waals surface area contributed by atoms with Gasteiger partial charge in [-0.25, -0.2) is 0 Å². The fourth-order valence-corrected chi connectivity index (χ4v) is 1.81. The largest absolute Gasteiger partial charge is 0.495 e. The van der Waals surface area contributed by atoms with Gasteiger partial charge in [0.05, 0.1) is 0 Å². The van der Waals surface area contributed by atoms with E-state index in [4.69, 9.17) is 9.31 Å². The monoisotopic (exact) mass is 284 g/mol. The lowest BCUT2D eigenvalue weighted by atomic mass is 9.78. The summed E-state index contributed by atoms with van der Waals surface area (Å²) in [6, 6.07) is 7.98. The van der Waals surface area contributed by atoms with Gasteiger partial charge in [-0.15, -0.1) is 0 Å². The molecule has 0 N–H and O–H groups in total. The van der Waals surface area contributed by atoms with E-state index in [1.165, 1.54) is 0 Å². The van der Waals surface area contributed by atoms with Crippen LogP contribution in [-0.2, 0) is 9.31 Å². The van der Waals surface area contributed by atoms with Crippen LogP contribution in [0.4, 0.5) is 0 Å². The molecule has 1 rings (SSSR count). The Morgan fingerprint density at radius 2 is 1.50 bits per heavy atom. The molecule has 0 amide bonds. The molecule has 0 fully saturated rings. The average Bonchev–Trinajstić information content (AvgIpc) is 2.15. The highest BCUT2D eigenvalue weighted by molar-refractivity contribution is 9.10. The molecular formula is C12H18BBrO2. The van der Waals surface area contributed by atoms with Gasteiger partial charge in [-0.1, -0.05) is 34.1 Å². The molecule has 4 heteroatoms. The van der Waals surface area contributed by atoms with Crippen molar-refractivity contribution in [1.29, 1.82) is 0 Å². The van der Waals surface area contributed by atoms with Gasteiger partial charge < -0.3 is 9.31 Å². The summed E-state index contributed by atoms with van der Waals surface area (Å²) in [7, 11) is -0.310. The molecule has 2 nitrogen and oxygen atoms in total. The van der Waals surface area contributed by atoms with E-state index in [-0.39, 0.29) is 19.3 Å². The predicted octanol–water partition coefficient (Wildman–Crippen LogP) is 2.99. The van der Waals surface area contributed by atoms with Gasteiger partial charge in [-0.3, -0.25) is 0 Å². The van der Waals surface area contributed by atoms with Gasteiger partial charge in [-0.05, 0) is 39.2 Å². The molecule has 0 unspecified atom stereocenters. The molecular weight excluding hydrogens is 267 g/mol. The first-order valence-electron chi connectivity index (χ1n) is 5.56. The number of hydrogen-bond donors (Lipinski definition) is 0. The van der Waals surface area contributed by atoms with Gasteiger partial charge in [0.1, 0.15) is 0 Å². The standard InChI is InChI=1S/C12H18BBrO2/c1-9(2)15-13(16-10(3)4)11-7-5-6-8-12(11)14/h5-10H,1-4H3. The molecule has 0 radical (unpaired) electrons. The smallest absolute Gasteiger partial charge is 0.405 e. The van der Waals surface area contributed by atoms with Crippen LogP contribution in [0.2, 0.25) is 0 Å². The van der Waals surface area contributed by atoms with E-state index in [2.05, 4.69) is 15.9 Å². The molecule has 0 saturated heterocycles. The van der Waals surface area contributed by atoms with Crippen molar-refractivity contribution in [3.8, 4) is 0 Å². The highest BCUT2D eigenvalue weighted by Crippen LogP contribution is 2.10. The lowest BCUT2D eigenvalue weighted by molar-refractivity contribution is 0.139. The van der Waals surface area contributed by atoms with Gasteiger partial charge in [0.2, 0.25) is 0 Å². The van der Waals surface area contributed by atoms with Crippen LogP contribution >= 0.6 is 15.9 Å². The Balaban J connectivity index is 2.87. The summed E-state index contributed by atoms with van der Waals surface area (Å²) in [6.45, 7) is 8.03. The van der Waals surface area contributed by atoms with E-state index >= 15 is 0 Å². The van der Waals surface area contributed by atoms with Crippen LogP contribution in [0.25, 0.3) is 0 Å². The van der Waals surface area contributed by atoms with Crippen molar-refractivity contribution < 1.29 is 9.31 Å². The Morgan fingerprint density at radius 1 is 1.00 bits per heavy atom. The topological polar surface area (TPSA) is 18.5 Å². The highest BCUT2D eigenvalue weighted by Gasteiger charge is 2.25. The molecule has 0 heterocycles. The van der Waals surface area contributed by atoms with Crippen molar-refractivity contribution in [3.05, 3.63) is 28.7 Å². The first-order chi connectivity index (χ1) is 7.50. The zero-order chi connectivity index (χ0) is 12.1. The number of rotatable bonds is 5. The van der Waals surface area contributed by atoms with Crippen molar-refractivity contribution in [2.24, 2.45) is 0 Å². The zero-order valence-corrected chi connectivity index (χ0v) is 11.8. The first-order valence-corrected chi connectivity index (χ1v) is 6.35. The molecule has 0 aromatic heterocycles. The van der Waals surface area contributed by atoms with Crippen molar-refractivity contribution in [1.82, 2.24) is 0 Å². The fourth-order valence-electron chi connectivity index (χ4n) is 1.34. The van der Waals surface area contributed by atoms with Crippen LogP contribution in [0.3, 0.4) is 0 Å². The normalized spacial score (nSPS) is 11.2. The maximum Gasteiger partial charge on any atom is 0.495 e. The SMILES string of the molecule is CC(C)OB(OC(C)C)c1ccccc1Br. The second kappa shape index (κ2) is 6.43. The summed E-state index contributed by atoms with van der Waals surface area (Å²) in [5.41, 5.74) is 1.03. The third-order valence-corrected chi connectivity index (χ3v) is 2.67. The van der Waals surface area contributed by atoms with E-state index in [0.29, 0.717) is 0 Å². The second-order valence-electron chi connectivity index (χ2n) is 4.22. The quantitative estimate of drug-likeness (QED) is 0.774. The number of hydrogen-bond acceptors (Lipinski definition) is 2. The summed E-state index contributed by atoms with van der Waals surface area (Å²) in [6.07, 6.45) is 0.270. The van der Waals surface area contributed by atoms with Gasteiger partial charge in [0, 0.05) is 16.7 Å². The lowest BCUT2D eigenvalue weighted by Crippen LogP contribution is -2.41. The van der Waals surface area contributed by atoms with Crippen molar-refractivity contribution in [2.45, 2.75) is 39.9 Å². The summed E-state index contributed by atoms with van der Waals surface area (Å²) in [5.74, 6) is 0. The van der Waals surface area contributed by atoms with Gasteiger partial charge in [0.25, 0.3) is 0 Å². The predicted molar refractivity (Wildman–Crippen MR) is 72.0 cm³/mol. The summed E-state index contributed by atoms with van der Waals surface area (Å²) < 4.78 is 12.6. The number of halogens is 1. The fraction of sp³-hybridized carbons (Fsp3) is 0.500. The van der Waals surface area contributed by atoms with Gasteiger partial charge in [-0.2, -0.15) is 0 Å². The van der Waals surface area contributed by atoms with Crippen LogP contribution in [0.5, 0.6) is 0 Å². The van der Waals surface area contributed by atoms with Gasteiger partial charge in [0.15, 0.2) is 0 Å². The Morgan fingerprint density at radius 3 is 1.94 bits per heavy atom. The van der Waals surface area contributed by atoms with E-state index in [1.807, 2.05) is 52.0 Å². The Labute approximate surface area is 107 Å². The van der Waals surface area contributed by atoms with E-state index in [9.17, 15) is 0 Å².